The number of aliphatic hydroxyl groups excluding tert-OH is 1. The van der Waals surface area contributed by atoms with Gasteiger partial charge in [-0.1, -0.05) is 60.7 Å². The molecule has 0 bridgehead atoms. The van der Waals surface area contributed by atoms with Gasteiger partial charge >= 0.3 is 0 Å². The Morgan fingerprint density at radius 1 is 1.33 bits per heavy atom. The minimum Gasteiger partial charge on any atom is -0.388 e. The first-order valence-electron chi connectivity index (χ1n) is 7.07. The fourth-order valence-corrected chi connectivity index (χ4v) is 3.50. The summed E-state index contributed by atoms with van der Waals surface area (Å²) in [5.74, 6) is 1.14. The van der Waals surface area contributed by atoms with Gasteiger partial charge in [0, 0.05) is 4.47 Å². The van der Waals surface area contributed by atoms with Crippen LogP contribution in [0.2, 0.25) is 0 Å². The van der Waals surface area contributed by atoms with Crippen molar-refractivity contribution < 1.29 is 5.11 Å². The molecule has 0 amide bonds. The van der Waals surface area contributed by atoms with E-state index in [9.17, 15) is 5.11 Å². The first kappa shape index (κ1) is 14.1. The number of hydrogen-bond acceptors (Lipinski definition) is 1. The summed E-state index contributed by atoms with van der Waals surface area (Å²) in [5, 5.41) is 10.6. The highest BCUT2D eigenvalue weighted by molar-refractivity contribution is 9.10. The van der Waals surface area contributed by atoms with E-state index in [4.69, 9.17) is 0 Å². The van der Waals surface area contributed by atoms with Crippen LogP contribution < -0.4 is 0 Å². The Balaban J connectivity index is 2.18. The molecule has 1 nitrogen and oxygen atoms in total. The number of hydrogen-bond donors (Lipinski definition) is 1. The first-order valence-corrected chi connectivity index (χ1v) is 7.87. The van der Waals surface area contributed by atoms with E-state index in [2.05, 4.69) is 48.0 Å². The van der Waals surface area contributed by atoms with Crippen LogP contribution in [0.1, 0.15) is 56.3 Å². The molecule has 2 heteroatoms. The summed E-state index contributed by atoms with van der Waals surface area (Å²) in [5.41, 5.74) is 2.29. The number of aliphatic hydroxyl groups is 1. The lowest BCUT2D eigenvalue weighted by Gasteiger charge is -2.34. The molecule has 0 aromatic heterocycles. The molecule has 1 aliphatic carbocycles. The second-order valence-electron chi connectivity index (χ2n) is 5.57. The summed E-state index contributed by atoms with van der Waals surface area (Å²) in [6, 6.07) is 6.23. The average molecular weight is 311 g/mol. The largest absolute Gasteiger partial charge is 0.388 e. The predicted molar refractivity (Wildman–Crippen MR) is 79.6 cm³/mol. The smallest absolute Gasteiger partial charge is 0.0820 e. The van der Waals surface area contributed by atoms with E-state index in [-0.39, 0.29) is 6.10 Å². The van der Waals surface area contributed by atoms with Gasteiger partial charge in [-0.3, -0.25) is 0 Å². The van der Waals surface area contributed by atoms with Crippen LogP contribution in [0.15, 0.2) is 22.7 Å². The molecule has 1 fully saturated rings. The highest BCUT2D eigenvalue weighted by Gasteiger charge is 2.30. The Labute approximate surface area is 119 Å². The molecular weight excluding hydrogens is 288 g/mol. The number of benzene rings is 1. The van der Waals surface area contributed by atoms with Gasteiger partial charge in [0.05, 0.1) is 6.10 Å². The van der Waals surface area contributed by atoms with Crippen molar-refractivity contribution in [1.82, 2.24) is 0 Å². The molecule has 100 valence electrons. The van der Waals surface area contributed by atoms with Crippen LogP contribution in [0.5, 0.6) is 0 Å². The Bertz CT molecular complexity index is 402. The van der Waals surface area contributed by atoms with Crippen LogP contribution in [0, 0.1) is 18.8 Å². The van der Waals surface area contributed by atoms with Gasteiger partial charge in [-0.25, -0.2) is 0 Å². The molecule has 3 unspecified atom stereocenters. The second-order valence-corrected chi connectivity index (χ2v) is 6.42. The van der Waals surface area contributed by atoms with Gasteiger partial charge in [0.2, 0.25) is 0 Å². The maximum Gasteiger partial charge on any atom is 0.0820 e. The molecule has 1 aromatic carbocycles. The molecule has 0 spiro atoms. The zero-order valence-electron chi connectivity index (χ0n) is 11.3. The van der Waals surface area contributed by atoms with Crippen molar-refractivity contribution in [3.63, 3.8) is 0 Å². The van der Waals surface area contributed by atoms with Crippen molar-refractivity contribution in [2.75, 3.05) is 0 Å². The van der Waals surface area contributed by atoms with E-state index in [0.717, 1.165) is 10.0 Å². The Morgan fingerprint density at radius 2 is 2.06 bits per heavy atom. The van der Waals surface area contributed by atoms with E-state index < -0.39 is 0 Å². The van der Waals surface area contributed by atoms with Crippen molar-refractivity contribution in [3.05, 3.63) is 33.8 Å². The van der Waals surface area contributed by atoms with E-state index in [0.29, 0.717) is 11.8 Å². The molecule has 0 saturated heterocycles. The topological polar surface area (TPSA) is 20.2 Å². The third-order valence-corrected chi connectivity index (χ3v) is 5.31. The molecule has 0 heterocycles. The van der Waals surface area contributed by atoms with Crippen LogP contribution in [0.25, 0.3) is 0 Å². The Hall–Kier alpha value is -0.340. The first-order chi connectivity index (χ1) is 8.63. The number of rotatable bonds is 3. The lowest BCUT2D eigenvalue weighted by Crippen LogP contribution is -2.25. The molecule has 18 heavy (non-hydrogen) atoms. The lowest BCUT2D eigenvalue weighted by atomic mass is 9.73. The van der Waals surface area contributed by atoms with Crippen molar-refractivity contribution in [2.45, 2.75) is 52.1 Å². The number of aryl methyl sites for hydroxylation is 1. The Kier molecular flexibility index (Phi) is 4.85. The molecule has 3 atom stereocenters. The zero-order valence-corrected chi connectivity index (χ0v) is 12.9. The van der Waals surface area contributed by atoms with Crippen LogP contribution >= 0.6 is 15.9 Å². The predicted octanol–water partition coefficient (Wildman–Crippen LogP) is 5.01. The van der Waals surface area contributed by atoms with Crippen LogP contribution in [0.4, 0.5) is 0 Å². The highest BCUT2D eigenvalue weighted by Crippen LogP contribution is 2.40. The molecule has 1 aromatic rings. The van der Waals surface area contributed by atoms with Gasteiger partial charge in [-0.15, -0.1) is 0 Å². The van der Waals surface area contributed by atoms with Crippen LogP contribution in [-0.2, 0) is 0 Å². The quantitative estimate of drug-likeness (QED) is 0.832. The normalized spacial score (nSPS) is 26.0. The van der Waals surface area contributed by atoms with Crippen LogP contribution in [-0.4, -0.2) is 5.11 Å². The maximum atomic E-state index is 10.6. The van der Waals surface area contributed by atoms with Crippen LogP contribution in [0.3, 0.4) is 0 Å². The monoisotopic (exact) mass is 310 g/mol. The van der Waals surface area contributed by atoms with Crippen molar-refractivity contribution in [1.29, 1.82) is 0 Å². The van der Waals surface area contributed by atoms with Crippen molar-refractivity contribution in [2.24, 2.45) is 11.8 Å². The fourth-order valence-electron chi connectivity index (χ4n) is 3.26. The van der Waals surface area contributed by atoms with E-state index in [1.54, 1.807) is 0 Å². The van der Waals surface area contributed by atoms with E-state index in [1.165, 1.54) is 37.7 Å². The Morgan fingerprint density at radius 3 is 2.72 bits per heavy atom. The van der Waals surface area contributed by atoms with Gasteiger partial charge in [-0.05, 0) is 42.4 Å². The summed E-state index contributed by atoms with van der Waals surface area (Å²) >= 11 is 3.52. The highest BCUT2D eigenvalue weighted by atomic mass is 79.9. The molecule has 1 saturated carbocycles. The summed E-state index contributed by atoms with van der Waals surface area (Å²) in [6.07, 6.45) is 5.97. The fraction of sp³-hybridized carbons (Fsp3) is 0.625. The van der Waals surface area contributed by atoms with Gasteiger partial charge in [-0.2, -0.15) is 0 Å². The minimum atomic E-state index is -0.290. The van der Waals surface area contributed by atoms with Gasteiger partial charge < -0.3 is 5.11 Å². The summed E-state index contributed by atoms with van der Waals surface area (Å²) in [7, 11) is 0. The van der Waals surface area contributed by atoms with E-state index in [1.807, 2.05) is 0 Å². The molecule has 1 N–H and O–H groups in total. The van der Waals surface area contributed by atoms with Gasteiger partial charge in [0.1, 0.15) is 0 Å². The molecule has 0 radical (unpaired) electrons. The van der Waals surface area contributed by atoms with E-state index >= 15 is 0 Å². The van der Waals surface area contributed by atoms with Gasteiger partial charge in [0.25, 0.3) is 0 Å². The molecule has 1 aliphatic rings. The molecule has 0 aliphatic heterocycles. The zero-order chi connectivity index (χ0) is 13.1. The summed E-state index contributed by atoms with van der Waals surface area (Å²) in [6.45, 7) is 4.33. The summed E-state index contributed by atoms with van der Waals surface area (Å²) in [4.78, 5) is 0. The standard InChI is InChI=1S/C16H23BrO/c1-3-12-6-4-5-7-14(12)16(18)13-8-9-15(17)11(2)10-13/h8-10,12,14,16,18H,3-7H2,1-2H3. The van der Waals surface area contributed by atoms with Crippen molar-refractivity contribution >= 4 is 15.9 Å². The number of halogens is 1. The van der Waals surface area contributed by atoms with Crippen molar-refractivity contribution in [3.8, 4) is 0 Å². The maximum absolute atomic E-state index is 10.6. The third-order valence-electron chi connectivity index (χ3n) is 4.42. The molecule has 2 rings (SSSR count). The minimum absolute atomic E-state index is 0.290. The third kappa shape index (κ3) is 2.97. The summed E-state index contributed by atoms with van der Waals surface area (Å²) < 4.78 is 1.12. The average Bonchev–Trinajstić information content (AvgIpc) is 2.41. The lowest BCUT2D eigenvalue weighted by molar-refractivity contribution is 0.0451. The second kappa shape index (κ2) is 6.21. The van der Waals surface area contributed by atoms with Gasteiger partial charge in [0.15, 0.2) is 0 Å². The SMILES string of the molecule is CCC1CCCCC1C(O)c1ccc(Br)c(C)c1. The molecular formula is C16H23BrO.